The van der Waals surface area contributed by atoms with Gasteiger partial charge in [0.1, 0.15) is 5.54 Å². The number of nitrogen functional groups attached to an aromatic ring is 1. The number of hydrogen-bond donors (Lipinski definition) is 5. The fourth-order valence-corrected chi connectivity index (χ4v) is 6.59. The fourth-order valence-electron chi connectivity index (χ4n) is 5.39. The molecule has 2 aliphatic rings. The first-order valence-electron chi connectivity index (χ1n) is 12.2. The van der Waals surface area contributed by atoms with Crippen molar-refractivity contribution < 1.29 is 9.59 Å². The van der Waals surface area contributed by atoms with E-state index in [0.717, 1.165) is 30.5 Å². The van der Waals surface area contributed by atoms with Crippen LogP contribution >= 0.6 is 11.3 Å². The van der Waals surface area contributed by atoms with Crippen molar-refractivity contribution in [1.82, 2.24) is 20.8 Å². The molecule has 0 bridgehead atoms. The van der Waals surface area contributed by atoms with E-state index in [1.54, 1.807) is 24.4 Å². The Kier molecular flexibility index (Phi) is 5.76. The summed E-state index contributed by atoms with van der Waals surface area (Å²) < 4.78 is 0.685. The van der Waals surface area contributed by atoms with E-state index in [-0.39, 0.29) is 17.6 Å². The third-order valence-corrected chi connectivity index (χ3v) is 8.57. The molecular weight excluding hydrogens is 486 g/mol. The number of hydrogen-bond acceptors (Lipinski definition) is 9. The van der Waals surface area contributed by atoms with Gasteiger partial charge in [0.15, 0.2) is 5.78 Å². The molecule has 6 rings (SSSR count). The Morgan fingerprint density at radius 2 is 1.97 bits per heavy atom. The van der Waals surface area contributed by atoms with Crippen LogP contribution in [0, 0.1) is 0 Å². The van der Waals surface area contributed by atoms with Crippen molar-refractivity contribution >= 4 is 38.8 Å². The summed E-state index contributed by atoms with van der Waals surface area (Å²) in [7, 11) is 0. The lowest BCUT2D eigenvalue weighted by molar-refractivity contribution is -0.124. The molecule has 3 heterocycles. The molecule has 8 N–H and O–H groups in total. The van der Waals surface area contributed by atoms with Crippen molar-refractivity contribution in [2.75, 3.05) is 18.8 Å². The minimum absolute atomic E-state index is 0.00981. The third kappa shape index (κ3) is 3.72. The quantitative estimate of drug-likeness (QED) is 0.259. The van der Waals surface area contributed by atoms with Crippen LogP contribution in [0.25, 0.3) is 21.2 Å². The van der Waals surface area contributed by atoms with Gasteiger partial charge in [-0.25, -0.2) is 0 Å². The fraction of sp³-hybridized carbons (Fsp3) is 0.259. The summed E-state index contributed by atoms with van der Waals surface area (Å²) >= 11 is 1.25. The minimum Gasteiger partial charge on any atom is -0.398 e. The number of thiophene rings is 1. The molecule has 1 amide bonds. The average molecular weight is 514 g/mol. The van der Waals surface area contributed by atoms with E-state index in [0.29, 0.717) is 38.3 Å². The van der Waals surface area contributed by atoms with Gasteiger partial charge in [-0.05, 0) is 42.6 Å². The summed E-state index contributed by atoms with van der Waals surface area (Å²) in [5.74, 6) is -0.703. The molecule has 9 nitrogen and oxygen atoms in total. The first-order valence-corrected chi connectivity index (χ1v) is 13.1. The number of amides is 1. The van der Waals surface area contributed by atoms with Crippen molar-refractivity contribution in [3.63, 3.8) is 0 Å². The molecule has 0 spiro atoms. The Hall–Kier alpha value is -3.70. The maximum atomic E-state index is 14.0. The highest BCUT2D eigenvalue weighted by Gasteiger charge is 2.50. The number of Topliss-reactive ketones (excluding diaryl/α,β-unsaturated/α-hetero) is 1. The van der Waals surface area contributed by atoms with E-state index in [1.807, 2.05) is 30.3 Å². The van der Waals surface area contributed by atoms with Crippen molar-refractivity contribution in [3.05, 3.63) is 76.4 Å². The first-order chi connectivity index (χ1) is 17.9. The largest absolute Gasteiger partial charge is 0.398 e. The first kappa shape index (κ1) is 23.7. The van der Waals surface area contributed by atoms with Crippen LogP contribution in [0.1, 0.15) is 45.4 Å². The molecule has 3 unspecified atom stereocenters. The lowest BCUT2D eigenvalue weighted by atomic mass is 9.72. The number of nitrogens with zero attached hydrogens (tertiary/aromatic N) is 2. The Labute approximate surface area is 217 Å². The predicted molar refractivity (Wildman–Crippen MR) is 144 cm³/mol. The van der Waals surface area contributed by atoms with Gasteiger partial charge in [0.25, 0.3) is 5.91 Å². The van der Waals surface area contributed by atoms with Crippen molar-refractivity contribution in [2.45, 2.75) is 30.5 Å². The summed E-state index contributed by atoms with van der Waals surface area (Å²) in [6, 6.07) is 13.8. The van der Waals surface area contributed by atoms with Crippen LogP contribution in [0.4, 0.5) is 5.69 Å². The van der Waals surface area contributed by atoms with E-state index in [2.05, 4.69) is 20.8 Å². The molecular formula is C27H27N7O2S. The van der Waals surface area contributed by atoms with Gasteiger partial charge in [-0.1, -0.05) is 36.4 Å². The molecule has 0 saturated carbocycles. The molecule has 1 aliphatic carbocycles. The molecule has 0 radical (unpaired) electrons. The number of nitrogens with one attached hydrogen (secondary N) is 2. The summed E-state index contributed by atoms with van der Waals surface area (Å²) in [4.78, 5) is 27.8. The third-order valence-electron chi connectivity index (χ3n) is 7.32. The van der Waals surface area contributed by atoms with Crippen LogP contribution < -0.4 is 27.8 Å². The number of aromatic nitrogens is 2. The van der Waals surface area contributed by atoms with E-state index in [9.17, 15) is 9.59 Å². The van der Waals surface area contributed by atoms with E-state index >= 15 is 0 Å². The molecule has 1 aliphatic heterocycles. The number of carbonyl (C=O) groups excluding carboxylic acids is 2. The lowest BCUT2D eigenvalue weighted by Crippen LogP contribution is -2.53. The lowest BCUT2D eigenvalue weighted by Gasteiger charge is -2.35. The second kappa shape index (κ2) is 9.00. The molecule has 3 atom stereocenters. The number of ketones is 1. The van der Waals surface area contributed by atoms with Gasteiger partial charge in [-0.3, -0.25) is 9.59 Å². The van der Waals surface area contributed by atoms with E-state index < -0.39 is 17.4 Å². The van der Waals surface area contributed by atoms with Crippen LogP contribution in [0.5, 0.6) is 0 Å². The zero-order chi connectivity index (χ0) is 25.7. The number of benzene rings is 2. The van der Waals surface area contributed by atoms with Crippen molar-refractivity contribution in [2.24, 2.45) is 11.5 Å². The molecule has 37 heavy (non-hydrogen) atoms. The molecule has 1 saturated heterocycles. The average Bonchev–Trinajstić information content (AvgIpc) is 3.34. The molecule has 188 valence electrons. The highest BCUT2D eigenvalue weighted by atomic mass is 32.1. The van der Waals surface area contributed by atoms with Gasteiger partial charge in [0, 0.05) is 34.8 Å². The Morgan fingerprint density at radius 1 is 1.16 bits per heavy atom. The topological polar surface area (TPSA) is 162 Å². The van der Waals surface area contributed by atoms with Crippen LogP contribution in [-0.2, 0) is 10.3 Å². The molecule has 1 fully saturated rings. The maximum absolute atomic E-state index is 14.0. The smallest absolute Gasteiger partial charge is 0.262 e. The van der Waals surface area contributed by atoms with Crippen LogP contribution in [0.15, 0.2) is 54.7 Å². The Morgan fingerprint density at radius 3 is 2.73 bits per heavy atom. The number of piperidine rings is 1. The maximum Gasteiger partial charge on any atom is 0.262 e. The van der Waals surface area contributed by atoms with Gasteiger partial charge in [-0.2, -0.15) is 10.2 Å². The van der Waals surface area contributed by atoms with Crippen LogP contribution in [0.3, 0.4) is 0 Å². The number of rotatable bonds is 4. The summed E-state index contributed by atoms with van der Waals surface area (Å²) in [5, 5.41) is 15.5. The van der Waals surface area contributed by atoms with Gasteiger partial charge >= 0.3 is 0 Å². The molecule has 2 aromatic heterocycles. The zero-order valence-corrected chi connectivity index (χ0v) is 20.8. The zero-order valence-electron chi connectivity index (χ0n) is 20.0. The summed E-state index contributed by atoms with van der Waals surface area (Å²) in [5.41, 5.74) is 21.7. The van der Waals surface area contributed by atoms with Gasteiger partial charge in [-0.15, -0.1) is 11.3 Å². The second-order valence-electron chi connectivity index (χ2n) is 9.61. The predicted octanol–water partition coefficient (Wildman–Crippen LogP) is 2.21. The van der Waals surface area contributed by atoms with Crippen molar-refractivity contribution in [3.8, 4) is 11.1 Å². The molecule has 4 aromatic rings. The minimum atomic E-state index is -1.65. The second-order valence-corrected chi connectivity index (χ2v) is 10.6. The standard InChI is InChI=1S/C27H27N7O2S/c28-18-9-8-17-20-21(24(37-23(18)20)26(36)33-16-7-4-10-31-13-16)22(29)25(35)27(17,30)19-11-15(12-32-34-19)14-5-2-1-3-6-14/h1-3,5-6,8-9,11-12,16,22,31H,4,7,10,13,28-30H2,(H,33,36). The van der Waals surface area contributed by atoms with Gasteiger partial charge in [0.2, 0.25) is 0 Å². The van der Waals surface area contributed by atoms with E-state index in [1.165, 1.54) is 11.3 Å². The highest BCUT2D eigenvalue weighted by molar-refractivity contribution is 7.21. The monoisotopic (exact) mass is 513 g/mol. The van der Waals surface area contributed by atoms with Gasteiger partial charge < -0.3 is 27.8 Å². The summed E-state index contributed by atoms with van der Waals surface area (Å²) in [6.45, 7) is 1.64. The van der Waals surface area contributed by atoms with Gasteiger partial charge in [0.05, 0.1) is 27.5 Å². The SMILES string of the molecule is Nc1ccc2c3c(c(C(=O)NC4CCCNC4)sc13)C(N)C(=O)C2(N)c1cc(-c2ccccc2)cnn1. The van der Waals surface area contributed by atoms with Crippen molar-refractivity contribution in [1.29, 1.82) is 0 Å². The Balaban J connectivity index is 1.51. The summed E-state index contributed by atoms with van der Waals surface area (Å²) in [6.07, 6.45) is 3.50. The Bertz CT molecular complexity index is 1530. The van der Waals surface area contributed by atoms with Crippen LogP contribution in [0.2, 0.25) is 0 Å². The highest BCUT2D eigenvalue weighted by Crippen LogP contribution is 2.49. The number of carbonyl (C=O) groups is 2. The molecule has 10 heteroatoms. The number of anilines is 1. The van der Waals surface area contributed by atoms with E-state index in [4.69, 9.17) is 17.2 Å². The normalized spacial score (nSPS) is 23.2. The number of nitrogens with two attached hydrogens (primary N) is 3. The van der Waals surface area contributed by atoms with Crippen LogP contribution in [-0.4, -0.2) is 41.0 Å². The molecule has 2 aromatic carbocycles.